The molecule has 0 aliphatic rings. The summed E-state index contributed by atoms with van der Waals surface area (Å²) in [6.07, 6.45) is 0. The van der Waals surface area contributed by atoms with Crippen molar-refractivity contribution in [3.63, 3.8) is 0 Å². The minimum atomic E-state index is -0.617. The number of nitrogens with zero attached hydrogens (tertiary/aromatic N) is 2. The summed E-state index contributed by atoms with van der Waals surface area (Å²) >= 11 is 6.77. The maximum Gasteiger partial charge on any atom is 0.326 e. The van der Waals surface area contributed by atoms with E-state index < -0.39 is 11.9 Å². The molecule has 3 amide bonds. The van der Waals surface area contributed by atoms with Crippen molar-refractivity contribution in [2.75, 3.05) is 5.32 Å². The van der Waals surface area contributed by atoms with Crippen LogP contribution in [-0.2, 0) is 0 Å². The maximum absolute atomic E-state index is 11.8. The largest absolute Gasteiger partial charge is 0.326 e. The van der Waals surface area contributed by atoms with Gasteiger partial charge in [0.05, 0.1) is 5.69 Å². The van der Waals surface area contributed by atoms with Gasteiger partial charge in [-0.05, 0) is 49.1 Å². The number of carbonyl (C=O) groups excluding carboxylic acids is 2. The van der Waals surface area contributed by atoms with Crippen LogP contribution in [0.15, 0.2) is 18.2 Å². The third-order valence-electron chi connectivity index (χ3n) is 2.52. The molecular formula is C12H11ClN4O2S. The summed E-state index contributed by atoms with van der Waals surface area (Å²) in [7, 11) is 0. The zero-order valence-corrected chi connectivity index (χ0v) is 12.3. The molecule has 0 atom stereocenters. The van der Waals surface area contributed by atoms with Crippen LogP contribution in [0.2, 0.25) is 5.02 Å². The van der Waals surface area contributed by atoms with Gasteiger partial charge in [0.1, 0.15) is 4.88 Å². The number of aromatic nitrogens is 2. The van der Waals surface area contributed by atoms with Gasteiger partial charge in [-0.1, -0.05) is 16.1 Å². The number of benzene rings is 1. The van der Waals surface area contributed by atoms with Crippen molar-refractivity contribution in [2.24, 2.45) is 0 Å². The lowest BCUT2D eigenvalue weighted by Gasteiger charge is -2.08. The Bertz CT molecular complexity index is 671. The van der Waals surface area contributed by atoms with Gasteiger partial charge in [-0.15, -0.1) is 5.10 Å². The maximum atomic E-state index is 11.8. The number of anilines is 1. The van der Waals surface area contributed by atoms with E-state index in [0.29, 0.717) is 21.3 Å². The lowest BCUT2D eigenvalue weighted by molar-refractivity contribution is 0.0970. The van der Waals surface area contributed by atoms with Gasteiger partial charge in [0, 0.05) is 10.7 Å². The zero-order valence-electron chi connectivity index (χ0n) is 10.7. The van der Waals surface area contributed by atoms with Gasteiger partial charge in [-0.3, -0.25) is 10.1 Å². The van der Waals surface area contributed by atoms with Gasteiger partial charge in [0.25, 0.3) is 5.91 Å². The second-order valence-corrected chi connectivity index (χ2v) is 5.25. The summed E-state index contributed by atoms with van der Waals surface area (Å²) in [6, 6.07) is 4.42. The molecular weight excluding hydrogens is 300 g/mol. The number of urea groups is 1. The van der Waals surface area contributed by atoms with Crippen molar-refractivity contribution in [1.29, 1.82) is 0 Å². The van der Waals surface area contributed by atoms with E-state index in [9.17, 15) is 9.59 Å². The van der Waals surface area contributed by atoms with Crippen LogP contribution in [0.25, 0.3) is 0 Å². The van der Waals surface area contributed by atoms with Crippen LogP contribution in [0.1, 0.15) is 20.9 Å². The third kappa shape index (κ3) is 3.31. The smallest absolute Gasteiger partial charge is 0.307 e. The number of amides is 3. The van der Waals surface area contributed by atoms with Gasteiger partial charge in [-0.2, -0.15) is 0 Å². The number of carbonyl (C=O) groups is 2. The normalized spacial score (nSPS) is 10.2. The number of aryl methyl sites for hydroxylation is 2. The van der Waals surface area contributed by atoms with E-state index in [2.05, 4.69) is 20.2 Å². The highest BCUT2D eigenvalue weighted by Gasteiger charge is 2.16. The van der Waals surface area contributed by atoms with Crippen molar-refractivity contribution < 1.29 is 9.59 Å². The quantitative estimate of drug-likeness (QED) is 0.893. The van der Waals surface area contributed by atoms with Gasteiger partial charge < -0.3 is 5.32 Å². The fraction of sp³-hybridized carbons (Fsp3) is 0.167. The van der Waals surface area contributed by atoms with Crippen molar-refractivity contribution in [1.82, 2.24) is 14.9 Å². The molecule has 0 aliphatic heterocycles. The molecule has 0 unspecified atom stereocenters. The second kappa shape index (κ2) is 5.98. The molecule has 1 aromatic heterocycles. The summed E-state index contributed by atoms with van der Waals surface area (Å²) in [6.45, 7) is 3.46. The highest BCUT2D eigenvalue weighted by Crippen LogP contribution is 2.19. The fourth-order valence-corrected chi connectivity index (χ4v) is 2.30. The van der Waals surface area contributed by atoms with Crippen molar-refractivity contribution in [3.05, 3.63) is 39.4 Å². The van der Waals surface area contributed by atoms with Crippen molar-refractivity contribution >= 4 is 40.8 Å². The second-order valence-electron chi connectivity index (χ2n) is 4.05. The molecule has 2 rings (SSSR count). The van der Waals surface area contributed by atoms with E-state index in [4.69, 9.17) is 11.6 Å². The Balaban J connectivity index is 2.03. The summed E-state index contributed by atoms with van der Waals surface area (Å²) < 4.78 is 3.64. The lowest BCUT2D eigenvalue weighted by Crippen LogP contribution is -2.34. The van der Waals surface area contributed by atoms with Crippen molar-refractivity contribution in [3.8, 4) is 0 Å². The van der Waals surface area contributed by atoms with Crippen LogP contribution in [-0.4, -0.2) is 21.5 Å². The Kier molecular flexibility index (Phi) is 4.31. The molecule has 0 saturated heterocycles. The van der Waals surface area contributed by atoms with Gasteiger partial charge in [-0.25, -0.2) is 4.79 Å². The van der Waals surface area contributed by atoms with E-state index >= 15 is 0 Å². The molecule has 1 aromatic carbocycles. The predicted octanol–water partition coefficient (Wildman–Crippen LogP) is 2.77. The molecule has 104 valence electrons. The molecule has 0 bridgehead atoms. The van der Waals surface area contributed by atoms with E-state index in [1.165, 1.54) is 0 Å². The zero-order chi connectivity index (χ0) is 14.7. The molecule has 0 radical (unpaired) electrons. The summed E-state index contributed by atoms with van der Waals surface area (Å²) in [4.78, 5) is 23.9. The minimum Gasteiger partial charge on any atom is -0.307 e. The Morgan fingerprint density at radius 2 is 2.05 bits per heavy atom. The van der Waals surface area contributed by atoms with Crippen LogP contribution >= 0.6 is 23.1 Å². The van der Waals surface area contributed by atoms with Crippen LogP contribution in [0.4, 0.5) is 10.5 Å². The number of halogens is 1. The SMILES string of the molecule is Cc1cc(Cl)ccc1NC(=O)NC(=O)c1snnc1C. The monoisotopic (exact) mass is 310 g/mol. The highest BCUT2D eigenvalue weighted by molar-refractivity contribution is 7.08. The molecule has 2 aromatic rings. The first-order valence-electron chi connectivity index (χ1n) is 5.65. The Hall–Kier alpha value is -1.99. The first-order valence-corrected chi connectivity index (χ1v) is 6.80. The molecule has 1 heterocycles. The van der Waals surface area contributed by atoms with Crippen LogP contribution < -0.4 is 10.6 Å². The summed E-state index contributed by atoms with van der Waals surface area (Å²) in [5.41, 5.74) is 1.87. The number of nitrogens with one attached hydrogen (secondary N) is 2. The van der Waals surface area contributed by atoms with Crippen LogP contribution in [0.5, 0.6) is 0 Å². The first kappa shape index (κ1) is 14.4. The summed E-state index contributed by atoms with van der Waals surface area (Å²) in [5, 5.41) is 9.10. The first-order chi connectivity index (χ1) is 9.47. The third-order valence-corrected chi connectivity index (χ3v) is 3.58. The summed E-state index contributed by atoms with van der Waals surface area (Å²) in [5.74, 6) is -0.526. The van der Waals surface area contributed by atoms with Gasteiger partial charge in [0.15, 0.2) is 0 Å². The molecule has 0 fully saturated rings. The minimum absolute atomic E-state index is 0.313. The van der Waals surface area contributed by atoms with Gasteiger partial charge >= 0.3 is 6.03 Å². The standard InChI is InChI=1S/C12H11ClN4O2S/c1-6-5-8(13)3-4-9(6)14-12(19)15-11(18)10-7(2)16-17-20-10/h3-5H,1-2H3,(H2,14,15,18,19). The van der Waals surface area contributed by atoms with E-state index in [0.717, 1.165) is 17.1 Å². The predicted molar refractivity (Wildman–Crippen MR) is 77.3 cm³/mol. The van der Waals surface area contributed by atoms with Crippen molar-refractivity contribution in [2.45, 2.75) is 13.8 Å². The van der Waals surface area contributed by atoms with E-state index in [1.54, 1.807) is 32.0 Å². The molecule has 6 nitrogen and oxygen atoms in total. The number of rotatable bonds is 2. The molecule has 0 aliphatic carbocycles. The van der Waals surface area contributed by atoms with Crippen LogP contribution in [0, 0.1) is 13.8 Å². The lowest BCUT2D eigenvalue weighted by atomic mass is 10.2. The molecule has 0 saturated carbocycles. The van der Waals surface area contributed by atoms with E-state index in [-0.39, 0.29) is 0 Å². The van der Waals surface area contributed by atoms with E-state index in [1.807, 2.05) is 0 Å². The average Bonchev–Trinajstić information content (AvgIpc) is 2.79. The Labute approximate surface area is 124 Å². The molecule has 8 heteroatoms. The molecule has 20 heavy (non-hydrogen) atoms. The average molecular weight is 311 g/mol. The topological polar surface area (TPSA) is 84.0 Å². The van der Waals surface area contributed by atoms with Gasteiger partial charge in [0.2, 0.25) is 0 Å². The molecule has 2 N–H and O–H groups in total. The number of hydrogen-bond donors (Lipinski definition) is 2. The Morgan fingerprint density at radius 3 is 2.65 bits per heavy atom. The fourth-order valence-electron chi connectivity index (χ4n) is 1.52. The van der Waals surface area contributed by atoms with Crippen LogP contribution in [0.3, 0.4) is 0 Å². The Morgan fingerprint density at radius 1 is 1.30 bits per heavy atom. The number of hydrogen-bond acceptors (Lipinski definition) is 5. The number of imide groups is 1. The highest BCUT2D eigenvalue weighted by atomic mass is 35.5. The molecule has 0 spiro atoms.